The van der Waals surface area contributed by atoms with Crippen molar-refractivity contribution in [3.05, 3.63) is 57.3 Å². The zero-order chi connectivity index (χ0) is 19.1. The number of aromatic nitrogens is 2. The van der Waals surface area contributed by atoms with Crippen molar-refractivity contribution in [2.24, 2.45) is 11.8 Å². The number of para-hydroxylation sites is 1. The number of aromatic amines is 1. The number of carbonyl (C=O) groups excluding carboxylic acids is 1. The van der Waals surface area contributed by atoms with E-state index in [1.54, 1.807) is 0 Å². The predicted molar refractivity (Wildman–Crippen MR) is 104 cm³/mol. The number of nitrogens with zero attached hydrogens (tertiary/aromatic N) is 2. The van der Waals surface area contributed by atoms with E-state index in [1.165, 1.54) is 12.8 Å². The van der Waals surface area contributed by atoms with Crippen molar-refractivity contribution in [1.82, 2.24) is 14.9 Å². The predicted octanol–water partition coefficient (Wildman–Crippen LogP) is 2.25. The Labute approximate surface area is 163 Å². The number of hydrogen-bond acceptors (Lipinski definition) is 4. The van der Waals surface area contributed by atoms with E-state index in [2.05, 4.69) is 4.98 Å². The summed E-state index contributed by atoms with van der Waals surface area (Å²) >= 11 is 0. The maximum absolute atomic E-state index is 13.2. The fraction of sp³-hybridized carbons (Fsp3) is 0.500. The first-order valence-corrected chi connectivity index (χ1v) is 10.3. The Hall–Kier alpha value is -2.63. The second-order valence-electron chi connectivity index (χ2n) is 8.24. The molecule has 2 aliphatic heterocycles. The van der Waals surface area contributed by atoms with Crippen LogP contribution in [-0.4, -0.2) is 33.9 Å². The van der Waals surface area contributed by atoms with Crippen LogP contribution in [0.5, 0.6) is 5.75 Å². The minimum absolute atomic E-state index is 0.0236. The van der Waals surface area contributed by atoms with Crippen LogP contribution in [0.2, 0.25) is 0 Å². The fourth-order valence-electron chi connectivity index (χ4n) is 4.33. The lowest BCUT2D eigenvalue weighted by Gasteiger charge is -2.30. The smallest absolute Gasteiger partial charge is 0.254 e. The molecule has 1 atom stereocenters. The molecule has 3 heterocycles. The van der Waals surface area contributed by atoms with Crippen LogP contribution in [0, 0.1) is 11.8 Å². The molecule has 1 aliphatic carbocycles. The molecule has 28 heavy (non-hydrogen) atoms. The highest BCUT2D eigenvalue weighted by Crippen LogP contribution is 2.32. The number of carbonyl (C=O) groups is 1. The molecule has 1 saturated carbocycles. The molecule has 0 saturated heterocycles. The largest absolute Gasteiger partial charge is 0.493 e. The Morgan fingerprint density at radius 2 is 2.11 bits per heavy atom. The molecule has 1 unspecified atom stereocenters. The summed E-state index contributed by atoms with van der Waals surface area (Å²) in [6, 6.07) is 7.96. The minimum Gasteiger partial charge on any atom is -0.493 e. The first-order chi connectivity index (χ1) is 13.7. The van der Waals surface area contributed by atoms with E-state index < -0.39 is 0 Å². The SMILES string of the molecule is O=C(C1CCOc2ccccc2C1)N1CCc2c(nc(CC3CC3)[nH]c2=O)C1. The van der Waals surface area contributed by atoms with Gasteiger partial charge in [0.05, 0.1) is 18.8 Å². The second kappa shape index (κ2) is 7.08. The zero-order valence-electron chi connectivity index (χ0n) is 15.9. The highest BCUT2D eigenvalue weighted by molar-refractivity contribution is 5.79. The first-order valence-electron chi connectivity index (χ1n) is 10.3. The number of nitrogens with one attached hydrogen (secondary N) is 1. The lowest BCUT2D eigenvalue weighted by atomic mass is 9.94. The molecule has 0 bridgehead atoms. The summed E-state index contributed by atoms with van der Waals surface area (Å²) in [7, 11) is 0. The third kappa shape index (κ3) is 3.43. The summed E-state index contributed by atoms with van der Waals surface area (Å²) in [4.78, 5) is 35.2. The number of rotatable bonds is 3. The lowest BCUT2D eigenvalue weighted by molar-refractivity contribution is -0.136. The molecular formula is C22H25N3O3. The van der Waals surface area contributed by atoms with Crippen LogP contribution in [0.3, 0.4) is 0 Å². The van der Waals surface area contributed by atoms with Gasteiger partial charge in [0.2, 0.25) is 5.91 Å². The van der Waals surface area contributed by atoms with Gasteiger partial charge in [-0.1, -0.05) is 18.2 Å². The Morgan fingerprint density at radius 3 is 2.96 bits per heavy atom. The average molecular weight is 379 g/mol. The Morgan fingerprint density at radius 1 is 1.25 bits per heavy atom. The summed E-state index contributed by atoms with van der Waals surface area (Å²) in [5, 5.41) is 0. The van der Waals surface area contributed by atoms with Crippen LogP contribution >= 0.6 is 0 Å². The van der Waals surface area contributed by atoms with Gasteiger partial charge < -0.3 is 14.6 Å². The third-order valence-corrected chi connectivity index (χ3v) is 6.13. The monoisotopic (exact) mass is 379 g/mol. The summed E-state index contributed by atoms with van der Waals surface area (Å²) in [6.45, 7) is 1.58. The Bertz CT molecular complexity index is 964. The highest BCUT2D eigenvalue weighted by atomic mass is 16.5. The molecule has 1 aromatic carbocycles. The normalized spacial score (nSPS) is 21.3. The van der Waals surface area contributed by atoms with Crippen LogP contribution in [0.1, 0.15) is 41.9 Å². The van der Waals surface area contributed by atoms with E-state index >= 15 is 0 Å². The molecule has 146 valence electrons. The van der Waals surface area contributed by atoms with Crippen molar-refractivity contribution in [3.8, 4) is 5.75 Å². The van der Waals surface area contributed by atoms with Gasteiger partial charge in [-0.05, 0) is 49.7 Å². The second-order valence-corrected chi connectivity index (χ2v) is 8.24. The topological polar surface area (TPSA) is 75.3 Å². The van der Waals surface area contributed by atoms with E-state index in [0.717, 1.165) is 34.8 Å². The van der Waals surface area contributed by atoms with Gasteiger partial charge in [0.1, 0.15) is 11.6 Å². The van der Waals surface area contributed by atoms with E-state index in [-0.39, 0.29) is 17.4 Å². The number of H-pyrrole nitrogens is 1. The van der Waals surface area contributed by atoms with Gasteiger partial charge in [0, 0.05) is 24.4 Å². The van der Waals surface area contributed by atoms with E-state index in [0.29, 0.717) is 44.9 Å². The van der Waals surface area contributed by atoms with Gasteiger partial charge in [-0.15, -0.1) is 0 Å². The van der Waals surface area contributed by atoms with Crippen molar-refractivity contribution < 1.29 is 9.53 Å². The Kier molecular flexibility index (Phi) is 4.41. The minimum atomic E-state index is -0.0851. The molecule has 0 spiro atoms. The summed E-state index contributed by atoms with van der Waals surface area (Å²) < 4.78 is 5.82. The highest BCUT2D eigenvalue weighted by Gasteiger charge is 2.31. The van der Waals surface area contributed by atoms with Crippen LogP contribution in [0.4, 0.5) is 0 Å². The zero-order valence-corrected chi connectivity index (χ0v) is 15.9. The number of amides is 1. The molecule has 3 aliphatic rings. The van der Waals surface area contributed by atoms with E-state index in [1.807, 2.05) is 29.2 Å². The van der Waals surface area contributed by atoms with Crippen LogP contribution in [0.15, 0.2) is 29.1 Å². The molecule has 1 aromatic heterocycles. The van der Waals surface area contributed by atoms with Crippen molar-refractivity contribution in [2.75, 3.05) is 13.2 Å². The molecular weight excluding hydrogens is 354 g/mol. The Balaban J connectivity index is 1.34. The van der Waals surface area contributed by atoms with Crippen molar-refractivity contribution in [1.29, 1.82) is 0 Å². The van der Waals surface area contributed by atoms with Gasteiger partial charge in [-0.2, -0.15) is 0 Å². The molecule has 6 nitrogen and oxygen atoms in total. The molecule has 0 radical (unpaired) electrons. The van der Waals surface area contributed by atoms with Gasteiger partial charge in [0.25, 0.3) is 5.56 Å². The average Bonchev–Trinajstić information content (AvgIpc) is 3.53. The van der Waals surface area contributed by atoms with Crippen LogP contribution in [0.25, 0.3) is 0 Å². The van der Waals surface area contributed by atoms with Crippen molar-refractivity contribution in [2.45, 2.75) is 45.1 Å². The molecule has 1 amide bonds. The lowest BCUT2D eigenvalue weighted by Crippen LogP contribution is -2.42. The standard InChI is InChI=1S/C22H25N3O3/c26-21-17-7-9-25(13-18(17)23-20(24-21)11-14-5-6-14)22(27)16-8-10-28-19-4-2-1-3-15(19)12-16/h1-4,14,16H,5-13H2,(H,23,24,26). The number of hydrogen-bond donors (Lipinski definition) is 1. The summed E-state index contributed by atoms with van der Waals surface area (Å²) in [5.74, 6) is 2.39. The molecule has 6 heteroatoms. The summed E-state index contributed by atoms with van der Waals surface area (Å²) in [6.07, 6.45) is 5.27. The van der Waals surface area contributed by atoms with Crippen molar-refractivity contribution in [3.63, 3.8) is 0 Å². The molecule has 2 aromatic rings. The van der Waals surface area contributed by atoms with Gasteiger partial charge in [0.15, 0.2) is 0 Å². The van der Waals surface area contributed by atoms with E-state index in [4.69, 9.17) is 9.72 Å². The third-order valence-electron chi connectivity index (χ3n) is 6.13. The number of fused-ring (bicyclic) bond motifs is 2. The summed E-state index contributed by atoms with van der Waals surface area (Å²) in [5.41, 5.74) is 2.60. The van der Waals surface area contributed by atoms with Gasteiger partial charge >= 0.3 is 0 Å². The molecule has 1 N–H and O–H groups in total. The van der Waals surface area contributed by atoms with Gasteiger partial charge in [-0.25, -0.2) is 4.98 Å². The maximum Gasteiger partial charge on any atom is 0.254 e. The van der Waals surface area contributed by atoms with E-state index in [9.17, 15) is 9.59 Å². The van der Waals surface area contributed by atoms with Crippen molar-refractivity contribution >= 4 is 5.91 Å². The molecule has 1 fully saturated rings. The van der Waals surface area contributed by atoms with Crippen LogP contribution in [-0.2, 0) is 30.6 Å². The maximum atomic E-state index is 13.2. The fourth-order valence-corrected chi connectivity index (χ4v) is 4.33. The van der Waals surface area contributed by atoms with Gasteiger partial charge in [-0.3, -0.25) is 9.59 Å². The quantitative estimate of drug-likeness (QED) is 0.888. The molecule has 5 rings (SSSR count). The first kappa shape index (κ1) is 17.5. The van der Waals surface area contributed by atoms with Crippen LogP contribution < -0.4 is 10.3 Å². The number of benzene rings is 1. The number of ether oxygens (including phenoxy) is 1.